The van der Waals surface area contributed by atoms with Gasteiger partial charge in [0.2, 0.25) is 5.91 Å². The van der Waals surface area contributed by atoms with Crippen LogP contribution in [0.25, 0.3) is 0 Å². The van der Waals surface area contributed by atoms with Gasteiger partial charge in [-0.3, -0.25) is 4.79 Å². The number of allylic oxidation sites excluding steroid dienone is 1. The van der Waals surface area contributed by atoms with Crippen LogP contribution in [0.3, 0.4) is 0 Å². The second kappa shape index (κ2) is 5.85. The minimum Gasteiger partial charge on any atom is -0.466 e. The van der Waals surface area contributed by atoms with Crippen molar-refractivity contribution < 1.29 is 14.3 Å². The fourth-order valence-corrected chi connectivity index (χ4v) is 2.87. The van der Waals surface area contributed by atoms with Gasteiger partial charge in [-0.15, -0.1) is 0 Å². The number of carbonyl (C=O) groups is 2. The summed E-state index contributed by atoms with van der Waals surface area (Å²) in [7, 11) is 1.31. The van der Waals surface area contributed by atoms with Gasteiger partial charge in [0.1, 0.15) is 0 Å². The predicted molar refractivity (Wildman–Crippen MR) is 76.7 cm³/mol. The molecule has 0 saturated carbocycles. The van der Waals surface area contributed by atoms with Gasteiger partial charge in [-0.1, -0.05) is 29.3 Å². The van der Waals surface area contributed by atoms with E-state index in [1.54, 1.807) is 25.1 Å². The maximum absolute atomic E-state index is 11.9. The van der Waals surface area contributed by atoms with E-state index in [0.717, 1.165) is 0 Å². The van der Waals surface area contributed by atoms with Crippen LogP contribution >= 0.6 is 23.2 Å². The lowest BCUT2D eigenvalue weighted by Crippen LogP contribution is -2.34. The monoisotopic (exact) mass is 313 g/mol. The standard InChI is InChI=1S/C14H13Cl2NO3/c1-7-13(14(19)20-2)10(6-12(18)17-7)9-4-3-8(15)5-11(9)16/h3-5,10H,6H2,1-2H3,(H,17,18)/t10-/m0/s1. The minimum atomic E-state index is -0.474. The molecular weight excluding hydrogens is 301 g/mol. The molecule has 2 rings (SSSR count). The number of methoxy groups -OCH3 is 1. The number of esters is 1. The van der Waals surface area contributed by atoms with Crippen molar-refractivity contribution in [3.05, 3.63) is 45.1 Å². The first-order valence-electron chi connectivity index (χ1n) is 5.98. The Morgan fingerprint density at radius 1 is 1.40 bits per heavy atom. The molecule has 0 radical (unpaired) electrons. The molecule has 0 fully saturated rings. The molecule has 0 unspecified atom stereocenters. The first-order chi connectivity index (χ1) is 9.43. The largest absolute Gasteiger partial charge is 0.466 e. The van der Waals surface area contributed by atoms with Crippen LogP contribution in [0.2, 0.25) is 10.0 Å². The Bertz CT molecular complexity index is 610. The molecule has 0 bridgehead atoms. The molecule has 1 aromatic rings. The van der Waals surface area contributed by atoms with Gasteiger partial charge >= 0.3 is 5.97 Å². The fourth-order valence-electron chi connectivity index (χ4n) is 2.33. The first-order valence-corrected chi connectivity index (χ1v) is 6.73. The number of nitrogens with one attached hydrogen (secondary N) is 1. The minimum absolute atomic E-state index is 0.142. The third-order valence-electron chi connectivity index (χ3n) is 3.21. The molecule has 6 heteroatoms. The van der Waals surface area contributed by atoms with Crippen LogP contribution in [0.4, 0.5) is 0 Å². The van der Waals surface area contributed by atoms with Gasteiger partial charge in [0.05, 0.1) is 12.7 Å². The summed E-state index contributed by atoms with van der Waals surface area (Å²) in [5.74, 6) is -1.06. The highest BCUT2D eigenvalue weighted by atomic mass is 35.5. The van der Waals surface area contributed by atoms with Crippen molar-refractivity contribution >= 4 is 35.1 Å². The van der Waals surface area contributed by atoms with Crippen molar-refractivity contribution in [2.75, 3.05) is 7.11 Å². The van der Waals surface area contributed by atoms with E-state index in [2.05, 4.69) is 5.32 Å². The smallest absolute Gasteiger partial charge is 0.336 e. The summed E-state index contributed by atoms with van der Waals surface area (Å²) >= 11 is 12.1. The molecule has 1 heterocycles. The average Bonchev–Trinajstić information content (AvgIpc) is 2.37. The second-order valence-corrected chi connectivity index (χ2v) is 5.34. The van der Waals surface area contributed by atoms with E-state index in [0.29, 0.717) is 26.9 Å². The Hall–Kier alpha value is -1.52. The molecule has 1 aromatic carbocycles. The normalized spacial score (nSPS) is 18.8. The van der Waals surface area contributed by atoms with Crippen molar-refractivity contribution in [2.45, 2.75) is 19.3 Å². The molecule has 0 aromatic heterocycles. The number of rotatable bonds is 2. The van der Waals surface area contributed by atoms with Gasteiger partial charge in [0, 0.05) is 28.1 Å². The van der Waals surface area contributed by atoms with Crippen molar-refractivity contribution in [1.29, 1.82) is 0 Å². The van der Waals surface area contributed by atoms with Crippen LogP contribution in [0.1, 0.15) is 24.8 Å². The van der Waals surface area contributed by atoms with E-state index in [1.165, 1.54) is 7.11 Å². The molecule has 4 nitrogen and oxygen atoms in total. The molecular formula is C14H13Cl2NO3. The Balaban J connectivity index is 2.54. The van der Waals surface area contributed by atoms with Gasteiger partial charge in [-0.05, 0) is 24.6 Å². The third-order valence-corrected chi connectivity index (χ3v) is 3.77. The lowest BCUT2D eigenvalue weighted by Gasteiger charge is -2.26. The number of benzene rings is 1. The van der Waals surface area contributed by atoms with Crippen LogP contribution in [-0.2, 0) is 14.3 Å². The predicted octanol–water partition coefficient (Wildman–Crippen LogP) is 3.04. The van der Waals surface area contributed by atoms with Crippen molar-refractivity contribution in [1.82, 2.24) is 5.32 Å². The van der Waals surface area contributed by atoms with Crippen LogP contribution < -0.4 is 5.32 Å². The van der Waals surface area contributed by atoms with E-state index >= 15 is 0 Å². The van der Waals surface area contributed by atoms with E-state index < -0.39 is 11.9 Å². The summed E-state index contributed by atoms with van der Waals surface area (Å²) < 4.78 is 4.79. The van der Waals surface area contributed by atoms with Crippen molar-refractivity contribution in [3.8, 4) is 0 Å². The zero-order valence-corrected chi connectivity index (χ0v) is 12.5. The third kappa shape index (κ3) is 2.81. The summed E-state index contributed by atoms with van der Waals surface area (Å²) in [6.45, 7) is 1.67. The first kappa shape index (κ1) is 14.9. The summed E-state index contributed by atoms with van der Waals surface area (Å²) in [6, 6.07) is 5.00. The molecule has 1 atom stereocenters. The molecule has 106 valence electrons. The van der Waals surface area contributed by atoms with Crippen LogP contribution in [-0.4, -0.2) is 19.0 Å². The molecule has 0 aliphatic carbocycles. The second-order valence-electron chi connectivity index (χ2n) is 4.50. The Morgan fingerprint density at radius 3 is 2.70 bits per heavy atom. The van der Waals surface area contributed by atoms with Gasteiger partial charge in [0.25, 0.3) is 0 Å². The SMILES string of the molecule is COC(=O)C1=C(C)NC(=O)C[C@H]1c1ccc(Cl)cc1Cl. The van der Waals surface area contributed by atoms with Crippen LogP contribution in [0.5, 0.6) is 0 Å². The van der Waals surface area contributed by atoms with Crippen molar-refractivity contribution in [3.63, 3.8) is 0 Å². The van der Waals surface area contributed by atoms with E-state index in [4.69, 9.17) is 27.9 Å². The quantitative estimate of drug-likeness (QED) is 0.854. The van der Waals surface area contributed by atoms with Gasteiger partial charge in [0.15, 0.2) is 0 Å². The van der Waals surface area contributed by atoms with Crippen LogP contribution in [0, 0.1) is 0 Å². The number of halogens is 2. The van der Waals surface area contributed by atoms with Gasteiger partial charge in [-0.2, -0.15) is 0 Å². The van der Waals surface area contributed by atoms with Crippen molar-refractivity contribution in [2.24, 2.45) is 0 Å². The maximum Gasteiger partial charge on any atom is 0.336 e. The number of hydrogen-bond donors (Lipinski definition) is 1. The fraction of sp³-hybridized carbons (Fsp3) is 0.286. The molecule has 20 heavy (non-hydrogen) atoms. The van der Waals surface area contributed by atoms with Gasteiger partial charge < -0.3 is 10.1 Å². The maximum atomic E-state index is 11.9. The highest BCUT2D eigenvalue weighted by Crippen LogP contribution is 2.37. The Kier molecular flexibility index (Phi) is 4.35. The molecule has 1 aliphatic heterocycles. The molecule has 0 spiro atoms. The highest BCUT2D eigenvalue weighted by molar-refractivity contribution is 6.35. The van der Waals surface area contributed by atoms with Gasteiger partial charge in [-0.25, -0.2) is 4.79 Å². The summed E-state index contributed by atoms with van der Waals surface area (Å²) in [5, 5.41) is 3.57. The molecule has 1 amide bonds. The molecule has 0 saturated heterocycles. The number of amides is 1. The summed E-state index contributed by atoms with van der Waals surface area (Å²) in [5.41, 5.74) is 1.59. The molecule has 1 N–H and O–H groups in total. The lowest BCUT2D eigenvalue weighted by atomic mass is 9.84. The zero-order chi connectivity index (χ0) is 14.9. The topological polar surface area (TPSA) is 55.4 Å². The molecule has 1 aliphatic rings. The number of ether oxygens (including phenoxy) is 1. The summed E-state index contributed by atoms with van der Waals surface area (Å²) in [4.78, 5) is 23.7. The number of carbonyl (C=O) groups excluding carboxylic acids is 2. The average molecular weight is 314 g/mol. The Morgan fingerprint density at radius 2 is 2.10 bits per heavy atom. The zero-order valence-electron chi connectivity index (χ0n) is 11.0. The van der Waals surface area contributed by atoms with E-state index in [-0.39, 0.29) is 12.3 Å². The van der Waals surface area contributed by atoms with Crippen LogP contribution in [0.15, 0.2) is 29.5 Å². The lowest BCUT2D eigenvalue weighted by molar-refractivity contribution is -0.136. The number of hydrogen-bond acceptors (Lipinski definition) is 3. The summed E-state index contributed by atoms with van der Waals surface area (Å²) in [6.07, 6.45) is 0.142. The van der Waals surface area contributed by atoms with E-state index in [9.17, 15) is 9.59 Å². The van der Waals surface area contributed by atoms with E-state index in [1.807, 2.05) is 0 Å². The highest BCUT2D eigenvalue weighted by Gasteiger charge is 2.33. The Labute approximate surface area is 126 Å².